The van der Waals surface area contributed by atoms with Crippen molar-refractivity contribution in [3.05, 3.63) is 0 Å². The first kappa shape index (κ1) is 26.2. The molecule has 4 heteroatoms. The lowest BCUT2D eigenvalue weighted by molar-refractivity contribution is -0.188. The molecule has 0 aromatic carbocycles. The summed E-state index contributed by atoms with van der Waals surface area (Å²) in [5.41, 5.74) is 3.39. The molecule has 0 radical (unpaired) electrons. The maximum Gasteiger partial charge on any atom is 0.313 e. The van der Waals surface area contributed by atoms with E-state index in [-0.39, 0.29) is 24.1 Å². The lowest BCUT2D eigenvalue weighted by atomic mass is 9.86. The molecule has 1 fully saturated rings. The van der Waals surface area contributed by atoms with E-state index < -0.39 is 8.07 Å². The van der Waals surface area contributed by atoms with Crippen LogP contribution in [0.1, 0.15) is 103 Å². The fourth-order valence-corrected chi connectivity index (χ4v) is 4.55. The van der Waals surface area contributed by atoms with Gasteiger partial charge in [-0.05, 0) is 19.3 Å². The van der Waals surface area contributed by atoms with Crippen molar-refractivity contribution in [2.24, 2.45) is 5.92 Å². The fourth-order valence-electron chi connectivity index (χ4n) is 3.90. The summed E-state index contributed by atoms with van der Waals surface area (Å²) in [5, 5.41) is 10.3. The van der Waals surface area contributed by atoms with Gasteiger partial charge in [0.05, 0.1) is 12.0 Å². The number of aliphatic hydroxyl groups is 1. The molecule has 0 amide bonds. The third-order valence-electron chi connectivity index (χ3n) is 5.69. The zero-order valence-electron chi connectivity index (χ0n) is 19.6. The minimum atomic E-state index is -1.26. The zero-order chi connectivity index (χ0) is 21.5. The molecule has 1 rings (SSSR count). The minimum absolute atomic E-state index is 0.00211. The van der Waals surface area contributed by atoms with Gasteiger partial charge in [0.2, 0.25) is 0 Å². The van der Waals surface area contributed by atoms with Gasteiger partial charge >= 0.3 is 5.97 Å². The molecule has 3 nitrogen and oxygen atoms in total. The van der Waals surface area contributed by atoms with Crippen molar-refractivity contribution in [2.45, 2.75) is 135 Å². The van der Waals surface area contributed by atoms with Gasteiger partial charge in [-0.25, -0.2) is 0 Å². The van der Waals surface area contributed by atoms with Crippen molar-refractivity contribution in [1.29, 1.82) is 0 Å². The van der Waals surface area contributed by atoms with Crippen LogP contribution in [0, 0.1) is 17.4 Å². The smallest absolute Gasteiger partial charge is 0.313 e. The molecule has 1 aliphatic rings. The first-order chi connectivity index (χ1) is 13.8. The van der Waals surface area contributed by atoms with Crippen LogP contribution in [0.5, 0.6) is 0 Å². The van der Waals surface area contributed by atoms with Crippen LogP contribution in [0.15, 0.2) is 0 Å². The number of ether oxygens (including phenoxy) is 1. The molecule has 1 heterocycles. The summed E-state index contributed by atoms with van der Waals surface area (Å²) in [4.78, 5) is 11.8. The van der Waals surface area contributed by atoms with Crippen LogP contribution in [-0.2, 0) is 9.53 Å². The Labute approximate surface area is 181 Å². The van der Waals surface area contributed by atoms with Crippen molar-refractivity contribution in [3.63, 3.8) is 0 Å². The summed E-state index contributed by atoms with van der Waals surface area (Å²) >= 11 is 0. The van der Waals surface area contributed by atoms with Crippen LogP contribution < -0.4 is 0 Å². The van der Waals surface area contributed by atoms with Crippen LogP contribution in [0.4, 0.5) is 0 Å². The highest BCUT2D eigenvalue weighted by molar-refractivity contribution is 6.83. The quantitative estimate of drug-likeness (QED) is 0.131. The van der Waals surface area contributed by atoms with E-state index in [4.69, 9.17) is 4.74 Å². The summed E-state index contributed by atoms with van der Waals surface area (Å²) in [7, 11) is -1.26. The van der Waals surface area contributed by atoms with Gasteiger partial charge in [-0.2, -0.15) is 0 Å². The summed E-state index contributed by atoms with van der Waals surface area (Å²) in [6, 6.07) is 0. The number of esters is 1. The highest BCUT2D eigenvalue weighted by Gasteiger charge is 2.42. The number of hydrogen-bond donors (Lipinski definition) is 1. The van der Waals surface area contributed by atoms with E-state index in [9.17, 15) is 9.90 Å². The monoisotopic (exact) mass is 422 g/mol. The first-order valence-corrected chi connectivity index (χ1v) is 15.7. The van der Waals surface area contributed by atoms with Crippen LogP contribution in [-0.4, -0.2) is 31.4 Å². The van der Waals surface area contributed by atoms with Crippen molar-refractivity contribution < 1.29 is 14.6 Å². The highest BCUT2D eigenvalue weighted by Crippen LogP contribution is 2.31. The molecule has 0 aromatic rings. The minimum Gasteiger partial charge on any atom is -0.461 e. The number of cyclic esters (lactones) is 1. The molecule has 3 atom stereocenters. The van der Waals surface area contributed by atoms with Crippen LogP contribution in [0.2, 0.25) is 19.6 Å². The second-order valence-electron chi connectivity index (χ2n) is 9.89. The Morgan fingerprint density at radius 3 is 2.17 bits per heavy atom. The number of unbranched alkanes of at least 4 members (excludes halogenated alkanes) is 10. The Hall–Kier alpha value is -0.793. The molecule has 0 unspecified atom stereocenters. The summed E-state index contributed by atoms with van der Waals surface area (Å²) in [5.74, 6) is 3.22. The van der Waals surface area contributed by atoms with Crippen LogP contribution in [0.3, 0.4) is 0 Å². The Morgan fingerprint density at radius 1 is 0.966 bits per heavy atom. The molecule has 0 aliphatic carbocycles. The predicted molar refractivity (Wildman–Crippen MR) is 125 cm³/mol. The molecule has 0 bridgehead atoms. The standard InChI is InChI=1S/C25H46O3Si/c1-5-6-7-8-9-10-11-12-15-18-22(26)21-24-23(25(27)28-24)19-16-13-14-17-20-29(2,3)4/h22-24,26H,5-16,18-19,21H2,1-4H3/t22-,23+,24+/m0/s1. The summed E-state index contributed by atoms with van der Waals surface area (Å²) in [6.45, 7) is 9.03. The number of rotatable bonds is 16. The molecule has 1 saturated heterocycles. The zero-order valence-corrected chi connectivity index (χ0v) is 20.6. The van der Waals surface area contributed by atoms with E-state index in [1.807, 2.05) is 0 Å². The molecular formula is C25H46O3Si. The van der Waals surface area contributed by atoms with Gasteiger partial charge in [0.15, 0.2) is 0 Å². The Bertz CT molecular complexity index is 500. The molecule has 29 heavy (non-hydrogen) atoms. The van der Waals surface area contributed by atoms with Crippen molar-refractivity contribution in [3.8, 4) is 11.5 Å². The lowest BCUT2D eigenvalue weighted by Crippen LogP contribution is -2.46. The number of carbonyl (C=O) groups is 1. The summed E-state index contributed by atoms with van der Waals surface area (Å²) in [6.07, 6.45) is 16.6. The van der Waals surface area contributed by atoms with Crippen molar-refractivity contribution >= 4 is 14.0 Å². The number of aliphatic hydroxyl groups excluding tert-OH is 1. The largest absolute Gasteiger partial charge is 0.461 e. The SMILES string of the molecule is CCCCCCCCCCC[C@H](O)C[C@H]1OC(=O)[C@@H]1CCCCC#C[Si](C)(C)C. The highest BCUT2D eigenvalue weighted by atomic mass is 28.3. The van der Waals surface area contributed by atoms with E-state index in [1.165, 1.54) is 51.4 Å². The maximum absolute atomic E-state index is 11.8. The van der Waals surface area contributed by atoms with Gasteiger partial charge in [-0.1, -0.05) is 90.8 Å². The van der Waals surface area contributed by atoms with Gasteiger partial charge in [0.25, 0.3) is 0 Å². The summed E-state index contributed by atoms with van der Waals surface area (Å²) < 4.78 is 5.32. The maximum atomic E-state index is 11.8. The number of hydrogen-bond acceptors (Lipinski definition) is 3. The van der Waals surface area contributed by atoms with E-state index in [0.717, 1.165) is 38.5 Å². The Morgan fingerprint density at radius 2 is 1.59 bits per heavy atom. The molecular weight excluding hydrogens is 376 g/mol. The molecule has 168 valence electrons. The molecule has 0 aromatic heterocycles. The molecule has 0 saturated carbocycles. The second kappa shape index (κ2) is 15.1. The van der Waals surface area contributed by atoms with Gasteiger partial charge in [0, 0.05) is 12.8 Å². The topological polar surface area (TPSA) is 46.5 Å². The third kappa shape index (κ3) is 13.2. The number of carbonyl (C=O) groups excluding carboxylic acids is 1. The molecule has 1 N–H and O–H groups in total. The van der Waals surface area contributed by atoms with E-state index in [1.54, 1.807) is 0 Å². The normalized spacial score (nSPS) is 19.8. The van der Waals surface area contributed by atoms with Crippen LogP contribution >= 0.6 is 0 Å². The second-order valence-corrected chi connectivity index (χ2v) is 14.6. The van der Waals surface area contributed by atoms with Crippen molar-refractivity contribution in [1.82, 2.24) is 0 Å². The molecule has 1 aliphatic heterocycles. The van der Waals surface area contributed by atoms with Crippen molar-refractivity contribution in [2.75, 3.05) is 0 Å². The van der Waals surface area contributed by atoms with E-state index in [0.29, 0.717) is 6.42 Å². The average Bonchev–Trinajstić information content (AvgIpc) is 2.64. The van der Waals surface area contributed by atoms with Crippen LogP contribution in [0.25, 0.3) is 0 Å². The first-order valence-electron chi connectivity index (χ1n) is 12.2. The van der Waals surface area contributed by atoms with Gasteiger partial charge < -0.3 is 9.84 Å². The average molecular weight is 423 g/mol. The van der Waals surface area contributed by atoms with E-state index >= 15 is 0 Å². The molecule has 0 spiro atoms. The van der Waals surface area contributed by atoms with E-state index in [2.05, 4.69) is 38.0 Å². The van der Waals surface area contributed by atoms with Gasteiger partial charge in [0.1, 0.15) is 14.2 Å². The Balaban J connectivity index is 2.06. The lowest BCUT2D eigenvalue weighted by Gasteiger charge is -2.36. The fraction of sp³-hybridized carbons (Fsp3) is 0.880. The Kier molecular flexibility index (Phi) is 13.6. The third-order valence-corrected chi connectivity index (χ3v) is 6.62. The predicted octanol–water partition coefficient (Wildman–Crippen LogP) is 6.64. The van der Waals surface area contributed by atoms with Gasteiger partial charge in [-0.15, -0.1) is 11.5 Å². The van der Waals surface area contributed by atoms with Gasteiger partial charge in [-0.3, -0.25) is 4.79 Å².